The highest BCUT2D eigenvalue weighted by Crippen LogP contribution is 2.28. The number of halogens is 1. The molecular formula is C13H15BrN2O3. The number of nitrogens with one attached hydrogen (secondary N) is 2. The van der Waals surface area contributed by atoms with E-state index in [0.29, 0.717) is 5.75 Å². The van der Waals surface area contributed by atoms with Crippen LogP contribution in [-0.2, 0) is 9.59 Å². The fourth-order valence-corrected chi connectivity index (χ4v) is 1.85. The van der Waals surface area contributed by atoms with Gasteiger partial charge < -0.3 is 4.74 Å². The van der Waals surface area contributed by atoms with Gasteiger partial charge in [-0.2, -0.15) is 0 Å². The maximum atomic E-state index is 11.7. The normalized spacial score (nSPS) is 15.5. The number of carbonyl (C=O) groups is 2. The highest BCUT2D eigenvalue weighted by atomic mass is 79.9. The highest BCUT2D eigenvalue weighted by Gasteiger charge is 2.30. The second-order valence-electron chi connectivity index (χ2n) is 4.47. The van der Waals surface area contributed by atoms with E-state index in [1.165, 1.54) is 0 Å². The Morgan fingerprint density at radius 3 is 2.74 bits per heavy atom. The van der Waals surface area contributed by atoms with Crippen molar-refractivity contribution < 1.29 is 14.3 Å². The van der Waals surface area contributed by atoms with Crippen molar-refractivity contribution >= 4 is 27.7 Å². The molecule has 1 unspecified atom stereocenters. The molecule has 1 aliphatic carbocycles. The van der Waals surface area contributed by atoms with E-state index in [2.05, 4.69) is 26.8 Å². The van der Waals surface area contributed by atoms with E-state index >= 15 is 0 Å². The zero-order chi connectivity index (χ0) is 13.8. The fraction of sp³-hybridized carbons (Fsp3) is 0.385. The minimum Gasteiger partial charge on any atom is -0.481 e. The second kappa shape index (κ2) is 6.06. The maximum Gasteiger partial charge on any atom is 0.279 e. The number of amides is 2. The van der Waals surface area contributed by atoms with Crippen LogP contribution in [0.3, 0.4) is 0 Å². The zero-order valence-electron chi connectivity index (χ0n) is 10.5. The van der Waals surface area contributed by atoms with Gasteiger partial charge in [-0.25, -0.2) is 0 Å². The smallest absolute Gasteiger partial charge is 0.279 e. The molecule has 102 valence electrons. The first kappa shape index (κ1) is 13.9. The molecule has 0 spiro atoms. The van der Waals surface area contributed by atoms with Crippen LogP contribution in [0.4, 0.5) is 0 Å². The molecule has 0 radical (unpaired) electrons. The molecule has 1 aromatic carbocycles. The summed E-state index contributed by atoms with van der Waals surface area (Å²) in [5, 5.41) is 0. The van der Waals surface area contributed by atoms with Gasteiger partial charge in [-0.1, -0.05) is 22.0 Å². The van der Waals surface area contributed by atoms with Gasteiger partial charge in [0.15, 0.2) is 6.10 Å². The third-order valence-electron chi connectivity index (χ3n) is 2.74. The Labute approximate surface area is 119 Å². The zero-order valence-corrected chi connectivity index (χ0v) is 12.1. The van der Waals surface area contributed by atoms with E-state index in [1.807, 2.05) is 12.1 Å². The molecule has 0 aromatic heterocycles. The second-order valence-corrected chi connectivity index (χ2v) is 5.39. The standard InChI is InChI=1S/C13H15BrN2O3/c1-8(19-11-4-2-3-10(14)7-11)12(17)15-16-13(18)9-5-6-9/h2-4,7-9H,5-6H2,1H3,(H,15,17)(H,16,18). The molecule has 1 aromatic rings. The summed E-state index contributed by atoms with van der Waals surface area (Å²) < 4.78 is 6.35. The number of hydrogen-bond acceptors (Lipinski definition) is 3. The molecule has 0 heterocycles. The fourth-order valence-electron chi connectivity index (χ4n) is 1.47. The van der Waals surface area contributed by atoms with Crippen molar-refractivity contribution in [1.82, 2.24) is 10.9 Å². The van der Waals surface area contributed by atoms with Gasteiger partial charge in [0.2, 0.25) is 5.91 Å². The lowest BCUT2D eigenvalue weighted by Gasteiger charge is -2.15. The van der Waals surface area contributed by atoms with Crippen molar-refractivity contribution in [2.45, 2.75) is 25.9 Å². The van der Waals surface area contributed by atoms with Gasteiger partial charge in [0.25, 0.3) is 5.91 Å². The molecule has 0 bridgehead atoms. The summed E-state index contributed by atoms with van der Waals surface area (Å²) in [6.07, 6.45) is 1.10. The van der Waals surface area contributed by atoms with Crippen LogP contribution in [-0.4, -0.2) is 17.9 Å². The number of carbonyl (C=O) groups excluding carboxylic acids is 2. The van der Waals surface area contributed by atoms with E-state index in [4.69, 9.17) is 4.74 Å². The molecule has 1 saturated carbocycles. The Bertz CT molecular complexity index is 489. The van der Waals surface area contributed by atoms with Gasteiger partial charge in [0, 0.05) is 10.4 Å². The predicted octanol–water partition coefficient (Wildman–Crippen LogP) is 1.77. The molecule has 1 atom stereocenters. The molecular weight excluding hydrogens is 312 g/mol. The molecule has 1 fully saturated rings. The van der Waals surface area contributed by atoms with Crippen LogP contribution >= 0.6 is 15.9 Å². The summed E-state index contributed by atoms with van der Waals surface area (Å²) in [4.78, 5) is 23.1. The third-order valence-corrected chi connectivity index (χ3v) is 3.23. The summed E-state index contributed by atoms with van der Waals surface area (Å²) in [7, 11) is 0. The first-order chi connectivity index (χ1) is 9.06. The van der Waals surface area contributed by atoms with Gasteiger partial charge >= 0.3 is 0 Å². The van der Waals surface area contributed by atoms with Crippen LogP contribution in [0.25, 0.3) is 0 Å². The van der Waals surface area contributed by atoms with Crippen molar-refractivity contribution in [1.29, 1.82) is 0 Å². The van der Waals surface area contributed by atoms with E-state index in [9.17, 15) is 9.59 Å². The SMILES string of the molecule is CC(Oc1cccc(Br)c1)C(=O)NNC(=O)C1CC1. The quantitative estimate of drug-likeness (QED) is 0.829. The van der Waals surface area contributed by atoms with Crippen LogP contribution in [0.2, 0.25) is 0 Å². The largest absolute Gasteiger partial charge is 0.481 e. The van der Waals surface area contributed by atoms with Gasteiger partial charge in [-0.15, -0.1) is 0 Å². The van der Waals surface area contributed by atoms with Crippen LogP contribution in [0.5, 0.6) is 5.75 Å². The Balaban J connectivity index is 1.79. The average Bonchev–Trinajstić information content (AvgIpc) is 3.19. The lowest BCUT2D eigenvalue weighted by molar-refractivity contribution is -0.133. The van der Waals surface area contributed by atoms with Crippen molar-refractivity contribution in [3.63, 3.8) is 0 Å². The molecule has 2 N–H and O–H groups in total. The number of benzene rings is 1. The van der Waals surface area contributed by atoms with Crippen LogP contribution < -0.4 is 15.6 Å². The Morgan fingerprint density at radius 2 is 2.11 bits per heavy atom. The van der Waals surface area contributed by atoms with Gasteiger partial charge in [-0.3, -0.25) is 20.4 Å². The summed E-state index contributed by atoms with van der Waals surface area (Å²) in [5.41, 5.74) is 4.76. The third kappa shape index (κ3) is 4.24. The first-order valence-electron chi connectivity index (χ1n) is 6.08. The molecule has 0 aliphatic heterocycles. The molecule has 1 aliphatic rings. The lowest BCUT2D eigenvalue weighted by atomic mass is 10.3. The minimum absolute atomic E-state index is 0.0570. The molecule has 0 saturated heterocycles. The molecule has 5 nitrogen and oxygen atoms in total. The summed E-state index contributed by atoms with van der Waals surface area (Å²) in [6.45, 7) is 1.62. The summed E-state index contributed by atoms with van der Waals surface area (Å²) in [6, 6.07) is 7.22. The number of hydrazine groups is 1. The van der Waals surface area contributed by atoms with E-state index in [-0.39, 0.29) is 17.7 Å². The van der Waals surface area contributed by atoms with E-state index in [1.54, 1.807) is 19.1 Å². The minimum atomic E-state index is -0.686. The first-order valence-corrected chi connectivity index (χ1v) is 6.87. The van der Waals surface area contributed by atoms with Crippen molar-refractivity contribution in [2.75, 3.05) is 0 Å². The van der Waals surface area contributed by atoms with Crippen molar-refractivity contribution in [2.24, 2.45) is 5.92 Å². The predicted molar refractivity (Wildman–Crippen MR) is 73.2 cm³/mol. The Hall–Kier alpha value is -1.56. The monoisotopic (exact) mass is 326 g/mol. The highest BCUT2D eigenvalue weighted by molar-refractivity contribution is 9.10. The molecule has 2 amide bonds. The Morgan fingerprint density at radius 1 is 1.37 bits per heavy atom. The van der Waals surface area contributed by atoms with E-state index < -0.39 is 6.10 Å². The molecule has 19 heavy (non-hydrogen) atoms. The topological polar surface area (TPSA) is 67.4 Å². The maximum absolute atomic E-state index is 11.7. The molecule has 6 heteroatoms. The lowest BCUT2D eigenvalue weighted by Crippen LogP contribution is -2.47. The van der Waals surface area contributed by atoms with Gasteiger partial charge in [0.05, 0.1) is 0 Å². The van der Waals surface area contributed by atoms with Crippen LogP contribution in [0.15, 0.2) is 28.7 Å². The summed E-state index contributed by atoms with van der Waals surface area (Å²) in [5.74, 6) is 0.129. The van der Waals surface area contributed by atoms with Gasteiger partial charge in [-0.05, 0) is 38.0 Å². The molecule has 2 rings (SSSR count). The average molecular weight is 327 g/mol. The van der Waals surface area contributed by atoms with Crippen LogP contribution in [0.1, 0.15) is 19.8 Å². The van der Waals surface area contributed by atoms with Crippen molar-refractivity contribution in [3.8, 4) is 5.75 Å². The number of ether oxygens (including phenoxy) is 1. The van der Waals surface area contributed by atoms with Crippen molar-refractivity contribution in [3.05, 3.63) is 28.7 Å². The van der Waals surface area contributed by atoms with Gasteiger partial charge in [0.1, 0.15) is 5.75 Å². The number of rotatable bonds is 4. The van der Waals surface area contributed by atoms with E-state index in [0.717, 1.165) is 17.3 Å². The summed E-state index contributed by atoms with van der Waals surface area (Å²) >= 11 is 3.32. The Kier molecular flexibility index (Phi) is 4.42. The number of hydrogen-bond donors (Lipinski definition) is 2. The van der Waals surface area contributed by atoms with Crippen LogP contribution in [0, 0.1) is 5.92 Å².